The summed E-state index contributed by atoms with van der Waals surface area (Å²) in [5.74, 6) is 1.12. The maximum atomic E-state index is 10.1. The molecule has 3 aromatic heterocycles. The van der Waals surface area contributed by atoms with Crippen LogP contribution in [0.2, 0.25) is 0 Å². The van der Waals surface area contributed by atoms with Crippen molar-refractivity contribution in [2.45, 2.75) is 57.7 Å². The molecule has 4 heterocycles. The third-order valence-electron chi connectivity index (χ3n) is 6.19. The van der Waals surface area contributed by atoms with Gasteiger partial charge < -0.3 is 15.7 Å². The van der Waals surface area contributed by atoms with Crippen molar-refractivity contribution in [3.63, 3.8) is 0 Å². The molecule has 0 spiro atoms. The molecule has 5 rings (SSSR count). The summed E-state index contributed by atoms with van der Waals surface area (Å²) >= 11 is 0. The number of nitriles is 1. The van der Waals surface area contributed by atoms with Crippen molar-refractivity contribution in [2.24, 2.45) is 0 Å². The van der Waals surface area contributed by atoms with Crippen molar-refractivity contribution in [3.05, 3.63) is 42.0 Å². The predicted molar refractivity (Wildman–Crippen MR) is 125 cm³/mol. The first kappa shape index (κ1) is 21.2. The van der Waals surface area contributed by atoms with Gasteiger partial charge in [-0.2, -0.15) is 14.9 Å². The van der Waals surface area contributed by atoms with Gasteiger partial charge in [0, 0.05) is 30.1 Å². The second kappa shape index (κ2) is 7.71. The predicted octanol–water partition coefficient (Wildman–Crippen LogP) is 2.47. The lowest BCUT2D eigenvalue weighted by atomic mass is 9.92. The van der Waals surface area contributed by atoms with E-state index in [1.807, 2.05) is 18.5 Å². The number of hydrogen-bond donors (Lipinski definition) is 2. The maximum Gasteiger partial charge on any atom is 0.223 e. The summed E-state index contributed by atoms with van der Waals surface area (Å²) in [5, 5.41) is 29.3. The number of anilines is 2. The molecule has 0 amide bonds. The molecule has 0 aliphatic carbocycles. The van der Waals surface area contributed by atoms with Crippen molar-refractivity contribution in [3.8, 4) is 6.07 Å². The Bertz CT molecular complexity index is 1370. The van der Waals surface area contributed by atoms with Gasteiger partial charge in [-0.15, -0.1) is 5.10 Å². The molecule has 33 heavy (non-hydrogen) atoms. The maximum absolute atomic E-state index is 10.1. The molecule has 170 valence electrons. The third-order valence-corrected chi connectivity index (χ3v) is 6.19. The van der Waals surface area contributed by atoms with Gasteiger partial charge in [0.2, 0.25) is 5.95 Å². The summed E-state index contributed by atoms with van der Waals surface area (Å²) in [4.78, 5) is 11.6. The Hall–Kier alpha value is -3.71. The highest BCUT2D eigenvalue weighted by Crippen LogP contribution is 2.33. The average Bonchev–Trinajstić information content (AvgIpc) is 3.40. The topological polar surface area (TPSA) is 134 Å². The van der Waals surface area contributed by atoms with Crippen molar-refractivity contribution in [1.29, 1.82) is 5.26 Å². The Morgan fingerprint density at radius 1 is 1.27 bits per heavy atom. The van der Waals surface area contributed by atoms with Crippen LogP contribution in [0.25, 0.3) is 16.6 Å². The van der Waals surface area contributed by atoms with E-state index in [-0.39, 0.29) is 11.9 Å². The Morgan fingerprint density at radius 2 is 2.09 bits per heavy atom. The van der Waals surface area contributed by atoms with Gasteiger partial charge in [-0.1, -0.05) is 0 Å². The highest BCUT2D eigenvalue weighted by atomic mass is 16.3. The van der Waals surface area contributed by atoms with Gasteiger partial charge in [0.25, 0.3) is 0 Å². The molecule has 4 aromatic rings. The van der Waals surface area contributed by atoms with Gasteiger partial charge in [-0.3, -0.25) is 4.68 Å². The number of rotatable bonds is 4. The Morgan fingerprint density at radius 3 is 2.85 bits per heavy atom. The van der Waals surface area contributed by atoms with E-state index < -0.39 is 5.60 Å². The lowest BCUT2D eigenvalue weighted by Gasteiger charge is -2.37. The number of benzene rings is 1. The summed E-state index contributed by atoms with van der Waals surface area (Å²) in [6.07, 6.45) is 5.80. The zero-order valence-corrected chi connectivity index (χ0v) is 19.0. The van der Waals surface area contributed by atoms with Crippen molar-refractivity contribution in [2.75, 3.05) is 17.2 Å². The molecular formula is C23H27N9O. The minimum atomic E-state index is -0.829. The normalized spacial score (nSPS) is 19.3. The van der Waals surface area contributed by atoms with Crippen LogP contribution in [0.15, 0.2) is 30.6 Å². The number of hydrogen-bond acceptors (Lipinski definition) is 8. The van der Waals surface area contributed by atoms with Gasteiger partial charge in [-0.25, -0.2) is 9.97 Å². The van der Waals surface area contributed by atoms with E-state index in [1.54, 1.807) is 35.2 Å². The fraction of sp³-hybridized carbons (Fsp3) is 0.435. The Kier molecular flexibility index (Phi) is 4.94. The van der Waals surface area contributed by atoms with Crippen LogP contribution in [0.5, 0.6) is 0 Å². The third kappa shape index (κ3) is 3.96. The minimum absolute atomic E-state index is 0.131. The van der Waals surface area contributed by atoms with Crippen molar-refractivity contribution >= 4 is 28.2 Å². The van der Waals surface area contributed by atoms with E-state index in [0.717, 1.165) is 36.3 Å². The number of aliphatic hydroxyl groups is 1. The van der Waals surface area contributed by atoms with E-state index in [4.69, 9.17) is 15.8 Å². The van der Waals surface area contributed by atoms with Crippen LogP contribution in [0.4, 0.5) is 11.6 Å². The van der Waals surface area contributed by atoms with Crippen LogP contribution < -0.4 is 10.6 Å². The van der Waals surface area contributed by atoms with Gasteiger partial charge in [0.1, 0.15) is 0 Å². The molecule has 0 bridgehead atoms. The SMILES string of the molecule is C[C@H]1CC[C@@H](c2nc3c4ccc(C#N)cc4nc(N)n3n2)CN1c1cnn(CC(C)(C)O)c1. The molecule has 3 N–H and O–H groups in total. The van der Waals surface area contributed by atoms with Crippen LogP contribution in [0.3, 0.4) is 0 Å². The molecule has 2 atom stereocenters. The Labute approximate surface area is 191 Å². The molecule has 1 aliphatic rings. The van der Waals surface area contributed by atoms with E-state index in [0.29, 0.717) is 29.3 Å². The largest absolute Gasteiger partial charge is 0.389 e. The quantitative estimate of drug-likeness (QED) is 0.489. The molecule has 0 saturated carbocycles. The molecule has 1 aromatic carbocycles. The van der Waals surface area contributed by atoms with E-state index in [1.165, 1.54) is 0 Å². The number of nitrogens with zero attached hydrogens (tertiary/aromatic N) is 8. The number of piperidine rings is 1. The minimum Gasteiger partial charge on any atom is -0.389 e. The smallest absolute Gasteiger partial charge is 0.223 e. The second-order valence-corrected chi connectivity index (χ2v) is 9.50. The standard InChI is InChI=1S/C23H27N9O/c1-14-4-6-16(11-31(14)17-10-26-30(12-17)13-23(2,3)33)20-28-21-18-7-5-15(9-24)8-19(18)27-22(25)32(21)29-20/h5,7-8,10,12,14,16,33H,4,6,11,13H2,1-3H3,(H2,25,27)/t14-,16+/m0/s1. The summed E-state index contributed by atoms with van der Waals surface area (Å²) < 4.78 is 3.37. The van der Waals surface area contributed by atoms with E-state index in [9.17, 15) is 10.4 Å². The van der Waals surface area contributed by atoms with Crippen LogP contribution in [-0.4, -0.2) is 52.7 Å². The second-order valence-electron chi connectivity index (χ2n) is 9.50. The molecule has 0 radical (unpaired) electrons. The number of fused-ring (bicyclic) bond motifs is 3. The summed E-state index contributed by atoms with van der Waals surface area (Å²) in [6, 6.07) is 7.81. The highest BCUT2D eigenvalue weighted by molar-refractivity contribution is 5.92. The molecule has 10 nitrogen and oxygen atoms in total. The molecule has 1 fully saturated rings. The van der Waals surface area contributed by atoms with Crippen molar-refractivity contribution < 1.29 is 5.11 Å². The van der Waals surface area contributed by atoms with Gasteiger partial charge in [0.15, 0.2) is 11.5 Å². The summed E-state index contributed by atoms with van der Waals surface area (Å²) in [6.45, 7) is 6.95. The molecule has 0 unspecified atom stereocenters. The lowest BCUT2D eigenvalue weighted by molar-refractivity contribution is 0.0577. The fourth-order valence-electron chi connectivity index (χ4n) is 4.55. The molecule has 10 heteroatoms. The van der Waals surface area contributed by atoms with Crippen LogP contribution in [0, 0.1) is 11.3 Å². The van der Waals surface area contributed by atoms with Gasteiger partial charge in [0.05, 0.1) is 41.2 Å². The van der Waals surface area contributed by atoms with Crippen molar-refractivity contribution in [1.82, 2.24) is 29.4 Å². The average molecular weight is 446 g/mol. The number of nitrogens with two attached hydrogens (primary N) is 1. The molecular weight excluding hydrogens is 418 g/mol. The van der Waals surface area contributed by atoms with Crippen LogP contribution in [-0.2, 0) is 6.54 Å². The monoisotopic (exact) mass is 445 g/mol. The number of aromatic nitrogens is 6. The van der Waals surface area contributed by atoms with E-state index >= 15 is 0 Å². The summed E-state index contributed by atoms with van der Waals surface area (Å²) in [5.41, 5.74) is 8.19. The zero-order chi connectivity index (χ0) is 23.3. The highest BCUT2D eigenvalue weighted by Gasteiger charge is 2.30. The van der Waals surface area contributed by atoms with Crippen LogP contribution in [0.1, 0.15) is 50.9 Å². The first-order valence-electron chi connectivity index (χ1n) is 11.1. The first-order chi connectivity index (χ1) is 15.7. The lowest BCUT2D eigenvalue weighted by Crippen LogP contribution is -2.41. The van der Waals surface area contributed by atoms with Gasteiger partial charge in [-0.05, 0) is 51.8 Å². The fourth-order valence-corrected chi connectivity index (χ4v) is 4.55. The number of nitrogen functional groups attached to an aromatic ring is 1. The first-order valence-corrected chi connectivity index (χ1v) is 11.1. The van der Waals surface area contributed by atoms with E-state index in [2.05, 4.69) is 28.0 Å². The van der Waals surface area contributed by atoms with Crippen LogP contribution >= 0.6 is 0 Å². The Balaban J connectivity index is 1.47. The van der Waals surface area contributed by atoms with Gasteiger partial charge >= 0.3 is 0 Å². The zero-order valence-electron chi connectivity index (χ0n) is 19.0. The summed E-state index contributed by atoms with van der Waals surface area (Å²) in [7, 11) is 0. The molecule has 1 aliphatic heterocycles. The molecule has 1 saturated heterocycles.